The SMILES string of the molecule is C[C@@H]1CO[C@H]2[C@@H]1OC[C@H]2Oc1nc2nc(-c3ccc(-c4ccc(OCCN(C)C)cc4)cc3)c(Cl)cc2[nH]1. The van der Waals surface area contributed by atoms with Gasteiger partial charge in [0.25, 0.3) is 6.01 Å². The van der Waals surface area contributed by atoms with Crippen molar-refractivity contribution in [3.63, 3.8) is 0 Å². The second kappa shape index (κ2) is 10.5. The van der Waals surface area contributed by atoms with Crippen LogP contribution in [0, 0.1) is 5.92 Å². The molecule has 198 valence electrons. The first-order chi connectivity index (χ1) is 18.4. The van der Waals surface area contributed by atoms with Crippen LogP contribution in [0.15, 0.2) is 54.6 Å². The van der Waals surface area contributed by atoms with Gasteiger partial charge >= 0.3 is 0 Å². The van der Waals surface area contributed by atoms with Gasteiger partial charge < -0.3 is 28.8 Å². The van der Waals surface area contributed by atoms with Crippen molar-refractivity contribution in [1.82, 2.24) is 19.9 Å². The predicted octanol–water partition coefficient (Wildman–Crippen LogP) is 5.07. The fourth-order valence-corrected chi connectivity index (χ4v) is 5.22. The number of likely N-dealkylation sites (N-methyl/N-ethyl adjacent to an activating group) is 1. The normalized spacial score (nSPS) is 22.8. The highest BCUT2D eigenvalue weighted by molar-refractivity contribution is 6.33. The Balaban J connectivity index is 1.16. The standard InChI is InChI=1S/C29H31ClN4O4/c1-17-15-36-27-24(16-37-26(17)27)38-29-31-23-14-22(30)25(32-28(23)33-29)20-6-4-18(5-7-20)19-8-10-21(11-9-19)35-13-12-34(2)3/h4-11,14,17,24,26-27H,12-13,15-16H2,1-3H3,(H,31,32,33)/t17-,24-,26-,27-/m1/s1. The van der Waals surface area contributed by atoms with Crippen LogP contribution in [-0.2, 0) is 9.47 Å². The minimum atomic E-state index is -0.202. The summed E-state index contributed by atoms with van der Waals surface area (Å²) in [5, 5.41) is 0.539. The number of benzene rings is 2. The van der Waals surface area contributed by atoms with Crippen LogP contribution in [0.25, 0.3) is 33.5 Å². The molecule has 0 saturated carbocycles. The molecule has 38 heavy (non-hydrogen) atoms. The number of imidazole rings is 1. The van der Waals surface area contributed by atoms with E-state index in [0.717, 1.165) is 34.5 Å². The first-order valence-corrected chi connectivity index (χ1v) is 13.3. The number of pyridine rings is 1. The van der Waals surface area contributed by atoms with Crippen LogP contribution in [-0.4, -0.2) is 78.6 Å². The van der Waals surface area contributed by atoms with E-state index in [1.54, 1.807) is 0 Å². The van der Waals surface area contributed by atoms with Crippen molar-refractivity contribution in [2.24, 2.45) is 5.92 Å². The number of nitrogens with one attached hydrogen (secondary N) is 1. The molecule has 1 N–H and O–H groups in total. The van der Waals surface area contributed by atoms with Crippen molar-refractivity contribution in [2.45, 2.75) is 25.2 Å². The highest BCUT2D eigenvalue weighted by Gasteiger charge is 2.47. The average Bonchev–Trinajstić information content (AvgIpc) is 3.60. The van der Waals surface area contributed by atoms with Crippen molar-refractivity contribution in [3.05, 3.63) is 59.6 Å². The maximum atomic E-state index is 6.63. The molecule has 0 unspecified atom stereocenters. The van der Waals surface area contributed by atoms with E-state index in [1.165, 1.54) is 0 Å². The molecule has 8 nitrogen and oxygen atoms in total. The zero-order valence-corrected chi connectivity index (χ0v) is 22.4. The molecule has 2 fully saturated rings. The first-order valence-electron chi connectivity index (χ1n) is 12.9. The summed E-state index contributed by atoms with van der Waals surface area (Å²) >= 11 is 6.63. The van der Waals surface area contributed by atoms with Crippen LogP contribution in [0.2, 0.25) is 5.02 Å². The number of fused-ring (bicyclic) bond motifs is 2. The van der Waals surface area contributed by atoms with Gasteiger partial charge in [0.05, 0.1) is 35.6 Å². The molecule has 9 heteroatoms. The summed E-state index contributed by atoms with van der Waals surface area (Å²) in [5.74, 6) is 1.23. The van der Waals surface area contributed by atoms with Gasteiger partial charge in [-0.05, 0) is 43.4 Å². The summed E-state index contributed by atoms with van der Waals surface area (Å²) in [7, 11) is 4.06. The van der Waals surface area contributed by atoms with Gasteiger partial charge in [-0.25, -0.2) is 4.98 Å². The maximum absolute atomic E-state index is 6.63. The quantitative estimate of drug-likeness (QED) is 0.338. The van der Waals surface area contributed by atoms with Gasteiger partial charge in [-0.2, -0.15) is 4.98 Å². The van der Waals surface area contributed by atoms with Gasteiger partial charge in [-0.15, -0.1) is 0 Å². The number of aromatic amines is 1. The van der Waals surface area contributed by atoms with Gasteiger partial charge in [0.15, 0.2) is 11.8 Å². The predicted molar refractivity (Wildman–Crippen MR) is 147 cm³/mol. The number of hydrogen-bond acceptors (Lipinski definition) is 7. The molecule has 2 saturated heterocycles. The lowest BCUT2D eigenvalue weighted by atomic mass is 10.0. The minimum absolute atomic E-state index is 0.0735. The Bertz CT molecular complexity index is 1410. The van der Waals surface area contributed by atoms with E-state index < -0.39 is 0 Å². The molecule has 0 aliphatic carbocycles. The van der Waals surface area contributed by atoms with E-state index in [9.17, 15) is 0 Å². The molecule has 4 aromatic rings. The molecule has 4 atom stereocenters. The fraction of sp³-hybridized carbons (Fsp3) is 0.379. The van der Waals surface area contributed by atoms with Gasteiger partial charge in [-0.3, -0.25) is 0 Å². The van der Waals surface area contributed by atoms with Gasteiger partial charge in [-0.1, -0.05) is 54.9 Å². The van der Waals surface area contributed by atoms with E-state index in [-0.39, 0.29) is 18.3 Å². The summed E-state index contributed by atoms with van der Waals surface area (Å²) in [6.07, 6.45) is -0.201. The summed E-state index contributed by atoms with van der Waals surface area (Å²) in [6.45, 7) is 4.84. The van der Waals surface area contributed by atoms with Crippen LogP contribution in [0.1, 0.15) is 6.92 Å². The lowest BCUT2D eigenvalue weighted by molar-refractivity contribution is 0.0262. The van der Waals surface area contributed by atoms with Crippen molar-refractivity contribution in [1.29, 1.82) is 0 Å². The highest BCUT2D eigenvalue weighted by atomic mass is 35.5. The molecule has 2 aliphatic rings. The number of H-pyrrole nitrogens is 1. The smallest absolute Gasteiger partial charge is 0.296 e. The third kappa shape index (κ3) is 5.09. The minimum Gasteiger partial charge on any atom is -0.492 e. The van der Waals surface area contributed by atoms with Crippen LogP contribution in [0.4, 0.5) is 0 Å². The van der Waals surface area contributed by atoms with E-state index in [4.69, 9.17) is 35.5 Å². The molecule has 0 spiro atoms. The van der Waals surface area contributed by atoms with Crippen LogP contribution >= 0.6 is 11.6 Å². The second-order valence-corrected chi connectivity index (χ2v) is 10.6. The Morgan fingerprint density at radius 3 is 2.37 bits per heavy atom. The van der Waals surface area contributed by atoms with Crippen LogP contribution in [0.5, 0.6) is 11.8 Å². The number of hydrogen-bond donors (Lipinski definition) is 1. The van der Waals surface area contributed by atoms with E-state index in [1.807, 2.05) is 44.4 Å². The van der Waals surface area contributed by atoms with Crippen molar-refractivity contribution in [2.75, 3.05) is 40.5 Å². The van der Waals surface area contributed by atoms with E-state index in [2.05, 4.69) is 46.1 Å². The number of halogens is 1. The zero-order chi connectivity index (χ0) is 26.2. The lowest BCUT2D eigenvalue weighted by Crippen LogP contribution is -2.33. The highest BCUT2D eigenvalue weighted by Crippen LogP contribution is 2.34. The average molecular weight is 535 g/mol. The van der Waals surface area contributed by atoms with Crippen molar-refractivity contribution < 1.29 is 18.9 Å². The third-order valence-corrected chi connectivity index (χ3v) is 7.36. The molecule has 0 radical (unpaired) electrons. The second-order valence-electron chi connectivity index (χ2n) is 10.2. The molecule has 2 aromatic carbocycles. The number of nitrogens with zero attached hydrogens (tertiary/aromatic N) is 3. The largest absolute Gasteiger partial charge is 0.492 e. The molecular formula is C29H31ClN4O4. The fourth-order valence-electron chi connectivity index (χ4n) is 4.96. The molecular weight excluding hydrogens is 504 g/mol. The van der Waals surface area contributed by atoms with Gasteiger partial charge in [0.1, 0.15) is 18.5 Å². The molecule has 0 bridgehead atoms. The topological polar surface area (TPSA) is 81.7 Å². The Morgan fingerprint density at radius 2 is 1.63 bits per heavy atom. The molecule has 4 heterocycles. The number of ether oxygens (including phenoxy) is 4. The third-order valence-electron chi connectivity index (χ3n) is 7.08. The van der Waals surface area contributed by atoms with Gasteiger partial charge in [0.2, 0.25) is 0 Å². The number of aromatic nitrogens is 3. The lowest BCUT2D eigenvalue weighted by Gasteiger charge is -2.15. The Morgan fingerprint density at radius 1 is 0.947 bits per heavy atom. The molecule has 0 amide bonds. The van der Waals surface area contributed by atoms with Crippen molar-refractivity contribution in [3.8, 4) is 34.1 Å². The van der Waals surface area contributed by atoms with Crippen LogP contribution in [0.3, 0.4) is 0 Å². The van der Waals surface area contributed by atoms with E-state index >= 15 is 0 Å². The Kier molecular flexibility index (Phi) is 6.97. The van der Waals surface area contributed by atoms with Crippen LogP contribution < -0.4 is 9.47 Å². The van der Waals surface area contributed by atoms with Crippen molar-refractivity contribution >= 4 is 22.8 Å². The molecule has 6 rings (SSSR count). The Labute approximate surface area is 226 Å². The summed E-state index contributed by atoms with van der Waals surface area (Å²) in [6, 6.07) is 18.5. The summed E-state index contributed by atoms with van der Waals surface area (Å²) in [4.78, 5) is 14.6. The van der Waals surface area contributed by atoms with Gasteiger partial charge in [0, 0.05) is 18.0 Å². The summed E-state index contributed by atoms with van der Waals surface area (Å²) < 4.78 is 23.7. The zero-order valence-electron chi connectivity index (χ0n) is 21.7. The molecule has 2 aliphatic heterocycles. The number of rotatable bonds is 8. The maximum Gasteiger partial charge on any atom is 0.296 e. The molecule has 2 aromatic heterocycles. The first kappa shape index (κ1) is 25.1. The Hall–Kier alpha value is -3.17. The van der Waals surface area contributed by atoms with E-state index in [0.29, 0.717) is 48.1 Å². The monoisotopic (exact) mass is 534 g/mol. The summed E-state index contributed by atoms with van der Waals surface area (Å²) in [5.41, 5.74) is 5.06.